The third kappa shape index (κ3) is 3.61. The first-order valence-electron chi connectivity index (χ1n) is 5.38. The summed E-state index contributed by atoms with van der Waals surface area (Å²) >= 11 is 7.29. The number of halogens is 1. The monoisotopic (exact) mass is 289 g/mol. The van der Waals surface area contributed by atoms with Crippen LogP contribution in [0.15, 0.2) is 17.3 Å². The van der Waals surface area contributed by atoms with Crippen molar-refractivity contribution >= 4 is 34.7 Å². The summed E-state index contributed by atoms with van der Waals surface area (Å²) in [7, 11) is 0. The number of amidine groups is 1. The molecule has 0 spiro atoms. The number of nitrogens with two attached hydrogens (primary N) is 1. The first kappa shape index (κ1) is 14.8. The van der Waals surface area contributed by atoms with Crippen LogP contribution in [-0.4, -0.2) is 23.5 Å². The van der Waals surface area contributed by atoms with E-state index in [2.05, 4.69) is 10.5 Å². The first-order valence-corrected chi connectivity index (χ1v) is 6.58. The van der Waals surface area contributed by atoms with Gasteiger partial charge in [0.25, 0.3) is 0 Å². The number of amides is 1. The van der Waals surface area contributed by atoms with Crippen molar-refractivity contribution in [1.82, 2.24) is 5.32 Å². The first-order chi connectivity index (χ1) is 8.37. The van der Waals surface area contributed by atoms with E-state index in [9.17, 15) is 4.79 Å². The van der Waals surface area contributed by atoms with E-state index >= 15 is 0 Å². The molecule has 100 valence electrons. The molecule has 1 aromatic rings. The molecule has 0 bridgehead atoms. The highest BCUT2D eigenvalue weighted by Crippen LogP contribution is 2.21. The Morgan fingerprint density at radius 3 is 2.78 bits per heavy atom. The molecule has 1 aromatic heterocycles. The summed E-state index contributed by atoms with van der Waals surface area (Å²) in [5.41, 5.74) is 4.44. The fourth-order valence-corrected chi connectivity index (χ4v) is 2.33. The van der Waals surface area contributed by atoms with Crippen molar-refractivity contribution in [2.75, 3.05) is 6.54 Å². The Kier molecular flexibility index (Phi) is 4.98. The number of nitrogens with one attached hydrogen (secondary N) is 1. The maximum Gasteiger partial charge on any atom is 0.233 e. The molecule has 7 heteroatoms. The maximum absolute atomic E-state index is 11.9. The number of oxime groups is 1. The topological polar surface area (TPSA) is 87.7 Å². The summed E-state index contributed by atoms with van der Waals surface area (Å²) in [6.45, 7) is 3.68. The van der Waals surface area contributed by atoms with Crippen LogP contribution >= 0.6 is 22.9 Å². The molecule has 1 rings (SSSR count). The number of thiophene rings is 1. The number of rotatable bonds is 5. The number of hydrogen-bond donors (Lipinski definition) is 3. The van der Waals surface area contributed by atoms with Crippen molar-refractivity contribution in [3.8, 4) is 0 Å². The second kappa shape index (κ2) is 6.06. The van der Waals surface area contributed by atoms with Gasteiger partial charge in [-0.05, 0) is 32.4 Å². The maximum atomic E-state index is 11.9. The lowest BCUT2D eigenvalue weighted by Gasteiger charge is -2.21. The van der Waals surface area contributed by atoms with Gasteiger partial charge in [-0.2, -0.15) is 0 Å². The molecule has 1 heterocycles. The van der Waals surface area contributed by atoms with Crippen LogP contribution in [-0.2, 0) is 11.2 Å². The molecule has 0 unspecified atom stereocenters. The molecule has 0 aliphatic heterocycles. The Bertz CT molecular complexity index is 457. The van der Waals surface area contributed by atoms with E-state index in [1.807, 2.05) is 12.1 Å². The van der Waals surface area contributed by atoms with E-state index in [-0.39, 0.29) is 11.7 Å². The zero-order chi connectivity index (χ0) is 13.8. The average molecular weight is 290 g/mol. The summed E-state index contributed by atoms with van der Waals surface area (Å²) in [5.74, 6) is -0.389. The van der Waals surface area contributed by atoms with E-state index in [1.165, 1.54) is 11.3 Å². The number of carbonyl (C=O) groups is 1. The second-order valence-electron chi connectivity index (χ2n) is 4.32. The van der Waals surface area contributed by atoms with Gasteiger partial charge in [0.05, 0.1) is 4.34 Å². The average Bonchev–Trinajstić information content (AvgIpc) is 2.73. The van der Waals surface area contributed by atoms with Gasteiger partial charge in [0.15, 0.2) is 5.84 Å². The lowest BCUT2D eigenvalue weighted by atomic mass is 9.91. The number of hydrogen-bond acceptors (Lipinski definition) is 4. The molecule has 4 N–H and O–H groups in total. The van der Waals surface area contributed by atoms with Gasteiger partial charge in [-0.15, -0.1) is 11.3 Å². The van der Waals surface area contributed by atoms with Gasteiger partial charge in [-0.1, -0.05) is 16.8 Å². The zero-order valence-corrected chi connectivity index (χ0v) is 11.8. The second-order valence-corrected chi connectivity index (χ2v) is 6.12. The van der Waals surface area contributed by atoms with Crippen LogP contribution < -0.4 is 11.1 Å². The van der Waals surface area contributed by atoms with E-state index in [0.717, 1.165) is 9.21 Å². The summed E-state index contributed by atoms with van der Waals surface area (Å²) in [6.07, 6.45) is 0.704. The van der Waals surface area contributed by atoms with Crippen LogP contribution in [0.2, 0.25) is 4.34 Å². The third-order valence-electron chi connectivity index (χ3n) is 2.60. The van der Waals surface area contributed by atoms with Crippen LogP contribution in [0.3, 0.4) is 0 Å². The van der Waals surface area contributed by atoms with Crippen molar-refractivity contribution in [2.45, 2.75) is 20.3 Å². The quantitative estimate of drug-likeness (QED) is 0.334. The Hall–Kier alpha value is -1.27. The van der Waals surface area contributed by atoms with Gasteiger partial charge in [-0.25, -0.2) is 0 Å². The van der Waals surface area contributed by atoms with Crippen LogP contribution in [0.1, 0.15) is 18.7 Å². The summed E-state index contributed by atoms with van der Waals surface area (Å²) in [5, 5.41) is 14.2. The van der Waals surface area contributed by atoms with E-state index in [4.69, 9.17) is 22.5 Å². The minimum absolute atomic E-state index is 0.112. The van der Waals surface area contributed by atoms with Gasteiger partial charge in [0, 0.05) is 11.4 Å². The summed E-state index contributed by atoms with van der Waals surface area (Å²) < 4.78 is 0.730. The van der Waals surface area contributed by atoms with Crippen molar-refractivity contribution in [2.24, 2.45) is 16.3 Å². The molecule has 1 amide bonds. The van der Waals surface area contributed by atoms with E-state index in [1.54, 1.807) is 13.8 Å². The molecule has 0 aromatic carbocycles. The van der Waals surface area contributed by atoms with Gasteiger partial charge < -0.3 is 16.3 Å². The highest BCUT2D eigenvalue weighted by Gasteiger charge is 2.32. The van der Waals surface area contributed by atoms with Crippen molar-refractivity contribution < 1.29 is 10.0 Å². The van der Waals surface area contributed by atoms with Gasteiger partial charge >= 0.3 is 0 Å². The smallest absolute Gasteiger partial charge is 0.233 e. The van der Waals surface area contributed by atoms with Crippen LogP contribution in [0.25, 0.3) is 0 Å². The van der Waals surface area contributed by atoms with Gasteiger partial charge in [0.1, 0.15) is 5.41 Å². The van der Waals surface area contributed by atoms with Crippen LogP contribution in [0, 0.1) is 5.41 Å². The molecule has 0 atom stereocenters. The Balaban J connectivity index is 2.47. The van der Waals surface area contributed by atoms with E-state index in [0.29, 0.717) is 13.0 Å². The largest absolute Gasteiger partial charge is 0.409 e. The summed E-state index contributed by atoms with van der Waals surface area (Å²) in [4.78, 5) is 13.0. The normalized spacial score (nSPS) is 12.5. The predicted molar refractivity (Wildman–Crippen MR) is 73.2 cm³/mol. The molecule has 0 radical (unpaired) electrons. The number of nitrogens with zero attached hydrogens (tertiary/aromatic N) is 1. The molecule has 0 saturated carbocycles. The Morgan fingerprint density at radius 2 is 2.28 bits per heavy atom. The van der Waals surface area contributed by atoms with E-state index < -0.39 is 5.41 Å². The van der Waals surface area contributed by atoms with Crippen molar-refractivity contribution in [3.63, 3.8) is 0 Å². The Labute approximate surface area is 115 Å². The van der Waals surface area contributed by atoms with Crippen molar-refractivity contribution in [1.29, 1.82) is 0 Å². The highest BCUT2D eigenvalue weighted by atomic mass is 35.5. The fraction of sp³-hybridized carbons (Fsp3) is 0.455. The lowest BCUT2D eigenvalue weighted by Crippen LogP contribution is -2.46. The molecule has 5 nitrogen and oxygen atoms in total. The highest BCUT2D eigenvalue weighted by molar-refractivity contribution is 7.16. The van der Waals surface area contributed by atoms with Crippen molar-refractivity contribution in [3.05, 3.63) is 21.3 Å². The predicted octanol–water partition coefficient (Wildman–Crippen LogP) is 1.83. The molecular weight excluding hydrogens is 274 g/mol. The molecule has 0 fully saturated rings. The minimum Gasteiger partial charge on any atom is -0.409 e. The van der Waals surface area contributed by atoms with Gasteiger partial charge in [0.2, 0.25) is 5.91 Å². The molecule has 18 heavy (non-hydrogen) atoms. The standard InChI is InChI=1S/C11H16ClN3O2S/c1-11(2,9(13)15-17)10(16)14-6-5-7-3-4-8(12)18-7/h3-4,17H,5-6H2,1-2H3,(H2,13,15)(H,14,16). The molecule has 0 aliphatic rings. The Morgan fingerprint density at radius 1 is 1.61 bits per heavy atom. The lowest BCUT2D eigenvalue weighted by molar-refractivity contribution is -0.126. The molecule has 0 saturated heterocycles. The van der Waals surface area contributed by atoms with Gasteiger partial charge in [-0.3, -0.25) is 4.79 Å². The third-order valence-corrected chi connectivity index (χ3v) is 3.89. The minimum atomic E-state index is -1.03. The molecule has 0 aliphatic carbocycles. The molecular formula is C11H16ClN3O2S. The number of carbonyl (C=O) groups excluding carboxylic acids is 1. The van der Waals surface area contributed by atoms with Crippen LogP contribution in [0.5, 0.6) is 0 Å². The summed E-state index contributed by atoms with van der Waals surface area (Å²) in [6, 6.07) is 3.75. The zero-order valence-electron chi connectivity index (χ0n) is 10.2. The SMILES string of the molecule is CC(C)(C(=O)NCCc1ccc(Cl)s1)/C(N)=N/O. The fourth-order valence-electron chi connectivity index (χ4n) is 1.25. The van der Waals surface area contributed by atoms with Crippen LogP contribution in [0.4, 0.5) is 0 Å².